The molecule has 0 saturated heterocycles. The lowest BCUT2D eigenvalue weighted by Crippen LogP contribution is -2.08. The Bertz CT molecular complexity index is 41.0. The van der Waals surface area contributed by atoms with E-state index in [4.69, 9.17) is 4.18 Å². The van der Waals surface area contributed by atoms with Crippen LogP contribution in [0.2, 0.25) is 6.32 Å². The number of nitrogens with one attached hydrogen (secondary N) is 1. The van der Waals surface area contributed by atoms with E-state index in [9.17, 15) is 0 Å². The quantitative estimate of drug-likeness (QED) is 0.259. The van der Waals surface area contributed by atoms with E-state index in [1.807, 2.05) is 13.6 Å². The highest BCUT2D eigenvalue weighted by Gasteiger charge is 1.85. The van der Waals surface area contributed by atoms with Gasteiger partial charge in [0.05, 0.1) is 0 Å². The molecule has 0 aliphatic rings. The summed E-state index contributed by atoms with van der Waals surface area (Å²) in [7, 11) is 1.85. The molecule has 0 spiro atoms. The fraction of sp³-hybridized carbons (Fsp3) is 1.00. The smallest absolute Gasteiger partial charge is 0.230 e. The van der Waals surface area contributed by atoms with Gasteiger partial charge in [-0.3, -0.25) is 5.32 Å². The highest BCUT2D eigenvalue weighted by Crippen LogP contribution is 1.98. The molecule has 0 aliphatic heterocycles. The molecule has 1 N–H and O–H groups in total. The molecule has 0 aromatic carbocycles. The molecule has 0 bridgehead atoms. The summed E-state index contributed by atoms with van der Waals surface area (Å²) in [6.07, 6.45) is 1.05. The van der Waals surface area contributed by atoms with Gasteiger partial charge in [0, 0.05) is 0 Å². The Morgan fingerprint density at radius 2 is 2.50 bits per heavy atom. The molecular formula is C4H11BNOS. The van der Waals surface area contributed by atoms with Crippen molar-refractivity contribution in [1.82, 2.24) is 5.32 Å². The Labute approximate surface area is 55.7 Å². The van der Waals surface area contributed by atoms with E-state index in [2.05, 4.69) is 12.2 Å². The van der Waals surface area contributed by atoms with Gasteiger partial charge in [-0.05, 0) is 7.05 Å². The third-order valence-corrected chi connectivity index (χ3v) is 1.23. The summed E-state index contributed by atoms with van der Waals surface area (Å²) in [6.45, 7) is 4.70. The van der Waals surface area contributed by atoms with Crippen molar-refractivity contribution in [2.75, 3.05) is 13.8 Å². The van der Waals surface area contributed by atoms with Gasteiger partial charge < -0.3 is 4.18 Å². The van der Waals surface area contributed by atoms with Crippen LogP contribution in [0.3, 0.4) is 0 Å². The van der Waals surface area contributed by atoms with Crippen LogP contribution in [0.25, 0.3) is 0 Å². The first-order valence-corrected chi connectivity index (χ1v) is 3.46. The average molecular weight is 132 g/mol. The van der Waals surface area contributed by atoms with Gasteiger partial charge in [0.2, 0.25) is 6.56 Å². The Balaban J connectivity index is 2.53. The minimum absolute atomic E-state index is 0.612. The lowest BCUT2D eigenvalue weighted by atomic mass is 10.1. The van der Waals surface area contributed by atoms with E-state index in [0.29, 0.717) is 6.73 Å². The minimum Gasteiger partial charge on any atom is -0.312 e. The van der Waals surface area contributed by atoms with Crippen LogP contribution >= 0.6 is 11.9 Å². The summed E-state index contributed by atoms with van der Waals surface area (Å²) in [6, 6.07) is 0. The Hall–Kier alpha value is 0.335. The summed E-state index contributed by atoms with van der Waals surface area (Å²) >= 11 is 1.39. The minimum atomic E-state index is 0.612. The van der Waals surface area contributed by atoms with Gasteiger partial charge in [-0.15, -0.1) is 0 Å². The van der Waals surface area contributed by atoms with E-state index in [1.165, 1.54) is 11.9 Å². The maximum absolute atomic E-state index is 4.97. The van der Waals surface area contributed by atoms with Gasteiger partial charge >= 0.3 is 0 Å². The zero-order valence-electron chi connectivity index (χ0n) is 5.31. The van der Waals surface area contributed by atoms with Gasteiger partial charge in [0.15, 0.2) is 0 Å². The third kappa shape index (κ3) is 6.33. The SMILES string of the molecule is CC[B]SOCNC. The fourth-order valence-corrected chi connectivity index (χ4v) is 0.627. The van der Waals surface area contributed by atoms with E-state index < -0.39 is 0 Å². The fourth-order valence-electron chi connectivity index (χ4n) is 0.209. The molecule has 0 amide bonds. The zero-order valence-corrected chi connectivity index (χ0v) is 6.12. The summed E-state index contributed by atoms with van der Waals surface area (Å²) in [5, 5.41) is 2.86. The predicted molar refractivity (Wildman–Crippen MR) is 38.8 cm³/mol. The largest absolute Gasteiger partial charge is 0.312 e. The van der Waals surface area contributed by atoms with Crippen LogP contribution in [0.5, 0.6) is 0 Å². The van der Waals surface area contributed by atoms with Crippen LogP contribution < -0.4 is 5.32 Å². The van der Waals surface area contributed by atoms with Crippen LogP contribution in [-0.4, -0.2) is 20.3 Å². The second-order valence-corrected chi connectivity index (χ2v) is 2.05. The molecule has 0 aromatic rings. The summed E-state index contributed by atoms with van der Waals surface area (Å²) < 4.78 is 4.97. The summed E-state index contributed by atoms with van der Waals surface area (Å²) in [5.41, 5.74) is 0. The Morgan fingerprint density at radius 1 is 1.75 bits per heavy atom. The highest BCUT2D eigenvalue weighted by atomic mass is 32.2. The zero-order chi connectivity index (χ0) is 6.24. The molecule has 8 heavy (non-hydrogen) atoms. The Morgan fingerprint density at radius 3 is 3.00 bits per heavy atom. The summed E-state index contributed by atoms with van der Waals surface area (Å²) in [5.74, 6) is 0. The maximum atomic E-state index is 4.97. The second kappa shape index (κ2) is 7.33. The average Bonchev–Trinajstić information content (AvgIpc) is 1.81. The molecular weight excluding hydrogens is 121 g/mol. The van der Waals surface area contributed by atoms with Gasteiger partial charge in [-0.25, -0.2) is 0 Å². The topological polar surface area (TPSA) is 21.3 Å². The molecule has 2 nitrogen and oxygen atoms in total. The molecule has 0 rings (SSSR count). The molecule has 0 saturated carbocycles. The molecule has 0 aromatic heterocycles. The maximum Gasteiger partial charge on any atom is 0.230 e. The predicted octanol–water partition coefficient (Wildman–Crippen LogP) is 0.885. The Kier molecular flexibility index (Phi) is 7.64. The van der Waals surface area contributed by atoms with E-state index in [1.54, 1.807) is 0 Å². The van der Waals surface area contributed by atoms with Crippen molar-refractivity contribution in [2.45, 2.75) is 13.2 Å². The van der Waals surface area contributed by atoms with Crippen molar-refractivity contribution in [3.05, 3.63) is 0 Å². The number of rotatable bonds is 5. The van der Waals surface area contributed by atoms with E-state index in [-0.39, 0.29) is 0 Å². The molecule has 0 heterocycles. The van der Waals surface area contributed by atoms with Crippen molar-refractivity contribution < 1.29 is 4.18 Å². The van der Waals surface area contributed by atoms with Gasteiger partial charge in [0.1, 0.15) is 6.73 Å². The third-order valence-electron chi connectivity index (χ3n) is 0.506. The van der Waals surface area contributed by atoms with E-state index in [0.717, 1.165) is 6.32 Å². The molecule has 0 atom stereocenters. The van der Waals surface area contributed by atoms with Crippen molar-refractivity contribution in [3.63, 3.8) is 0 Å². The molecule has 4 heteroatoms. The van der Waals surface area contributed by atoms with Crippen LogP contribution in [0, 0.1) is 0 Å². The second-order valence-electron chi connectivity index (χ2n) is 1.29. The van der Waals surface area contributed by atoms with Crippen molar-refractivity contribution in [1.29, 1.82) is 0 Å². The monoisotopic (exact) mass is 132 g/mol. The standard InChI is InChI=1S/C4H11BNOS/c1-3-5-8-7-4-6-2/h6H,3-4H2,1-2H3. The first-order valence-electron chi connectivity index (χ1n) is 2.66. The molecule has 0 unspecified atom stereocenters. The summed E-state index contributed by atoms with van der Waals surface area (Å²) in [4.78, 5) is 0. The number of hydrogen-bond acceptors (Lipinski definition) is 3. The highest BCUT2D eigenvalue weighted by molar-refractivity contribution is 8.18. The number of hydrogen-bond donors (Lipinski definition) is 1. The lowest BCUT2D eigenvalue weighted by Gasteiger charge is -1.96. The van der Waals surface area contributed by atoms with Crippen LogP contribution in [0.1, 0.15) is 6.92 Å². The molecule has 0 fully saturated rings. The first-order chi connectivity index (χ1) is 3.91. The van der Waals surface area contributed by atoms with Crippen LogP contribution in [0.4, 0.5) is 0 Å². The van der Waals surface area contributed by atoms with E-state index >= 15 is 0 Å². The van der Waals surface area contributed by atoms with Gasteiger partial charge in [-0.1, -0.05) is 25.1 Å². The van der Waals surface area contributed by atoms with Crippen LogP contribution in [0.15, 0.2) is 0 Å². The molecule has 0 aliphatic carbocycles. The van der Waals surface area contributed by atoms with Gasteiger partial charge in [-0.2, -0.15) is 0 Å². The van der Waals surface area contributed by atoms with Crippen molar-refractivity contribution in [3.8, 4) is 0 Å². The lowest BCUT2D eigenvalue weighted by molar-refractivity contribution is 0.352. The van der Waals surface area contributed by atoms with Crippen LogP contribution in [-0.2, 0) is 4.18 Å². The normalized spacial score (nSPS) is 9.25. The van der Waals surface area contributed by atoms with Crippen molar-refractivity contribution in [2.24, 2.45) is 0 Å². The first kappa shape index (κ1) is 8.33. The van der Waals surface area contributed by atoms with Gasteiger partial charge in [0.25, 0.3) is 0 Å². The van der Waals surface area contributed by atoms with Crippen molar-refractivity contribution >= 4 is 18.5 Å². The molecule has 1 radical (unpaired) electrons. The molecule has 47 valence electrons.